The number of esters is 1. The molecular formula is C29H50O7. The van der Waals surface area contributed by atoms with Gasteiger partial charge in [-0.25, -0.2) is 4.79 Å². The minimum atomic E-state index is -0.756. The Morgan fingerprint density at radius 2 is 1.44 bits per heavy atom. The lowest BCUT2D eigenvalue weighted by Gasteiger charge is -2.36. The quantitative estimate of drug-likeness (QED) is 0.101. The number of phenolic OH excluding ortho intramolecular Hbond substituents is 1. The first-order chi connectivity index (χ1) is 17.4. The van der Waals surface area contributed by atoms with Gasteiger partial charge in [-0.1, -0.05) is 58.8 Å². The average Bonchev–Trinajstić information content (AvgIpc) is 2.87. The van der Waals surface area contributed by atoms with Crippen LogP contribution in [0.1, 0.15) is 115 Å². The zero-order valence-corrected chi connectivity index (χ0v) is 23.0. The summed E-state index contributed by atoms with van der Waals surface area (Å²) in [5, 5.41) is 19.8. The van der Waals surface area contributed by atoms with Gasteiger partial charge < -0.3 is 29.2 Å². The lowest BCUT2D eigenvalue weighted by molar-refractivity contribution is -0.328. The van der Waals surface area contributed by atoms with E-state index in [1.807, 2.05) is 13.8 Å². The van der Waals surface area contributed by atoms with E-state index in [0.717, 1.165) is 32.1 Å². The largest absolute Gasteiger partial charge is 0.508 e. The van der Waals surface area contributed by atoms with Crippen LogP contribution < -0.4 is 0 Å². The monoisotopic (exact) mass is 510 g/mol. The maximum absolute atomic E-state index is 12.2. The molecule has 7 nitrogen and oxygen atoms in total. The molecule has 0 saturated heterocycles. The van der Waals surface area contributed by atoms with Crippen LogP contribution in [0.2, 0.25) is 0 Å². The number of hydrogen-bond acceptors (Lipinski definition) is 7. The van der Waals surface area contributed by atoms with E-state index in [0.29, 0.717) is 25.2 Å². The first-order valence-electron chi connectivity index (χ1n) is 13.9. The number of unbranched alkanes of at least 4 members (excludes halogenated alkanes) is 6. The number of aromatic hydroxyl groups is 1. The number of carbonyl (C=O) groups excluding carboxylic acids is 1. The molecule has 2 atom stereocenters. The number of ether oxygens (including phenoxy) is 4. The second-order valence-corrected chi connectivity index (χ2v) is 9.42. The Balaban J connectivity index is 2.59. The van der Waals surface area contributed by atoms with E-state index < -0.39 is 18.5 Å². The normalized spacial score (nSPS) is 14.1. The minimum absolute atomic E-state index is 0.0715. The molecule has 0 spiro atoms. The minimum Gasteiger partial charge on any atom is -0.508 e. The molecular weight excluding hydrogens is 460 g/mol. The lowest BCUT2D eigenvalue weighted by atomic mass is 9.87. The van der Waals surface area contributed by atoms with Gasteiger partial charge >= 0.3 is 5.97 Å². The van der Waals surface area contributed by atoms with Crippen molar-refractivity contribution in [2.24, 2.45) is 0 Å². The van der Waals surface area contributed by atoms with Crippen LogP contribution in [0.15, 0.2) is 24.3 Å². The molecule has 0 heterocycles. The highest BCUT2D eigenvalue weighted by Gasteiger charge is 2.32. The molecule has 1 rings (SSSR count). The molecule has 2 unspecified atom stereocenters. The fourth-order valence-corrected chi connectivity index (χ4v) is 4.27. The smallest absolute Gasteiger partial charge is 0.338 e. The van der Waals surface area contributed by atoms with Crippen LogP contribution in [0.3, 0.4) is 0 Å². The third-order valence-electron chi connectivity index (χ3n) is 6.51. The Labute approximate surface area is 218 Å². The molecule has 0 fully saturated rings. The fraction of sp³-hybridized carbons (Fsp3) is 0.759. The molecule has 1 aromatic rings. The van der Waals surface area contributed by atoms with E-state index in [2.05, 4.69) is 13.8 Å². The van der Waals surface area contributed by atoms with Gasteiger partial charge in [0.05, 0.1) is 17.3 Å². The van der Waals surface area contributed by atoms with E-state index in [9.17, 15) is 15.0 Å². The number of aliphatic hydroxyl groups is 1. The van der Waals surface area contributed by atoms with Crippen LogP contribution in [0, 0.1) is 0 Å². The Morgan fingerprint density at radius 3 is 2.03 bits per heavy atom. The van der Waals surface area contributed by atoms with Gasteiger partial charge in [-0.05, 0) is 70.2 Å². The predicted octanol–water partition coefficient (Wildman–Crippen LogP) is 6.74. The molecule has 0 aromatic heterocycles. The molecule has 0 amide bonds. The maximum atomic E-state index is 12.2. The van der Waals surface area contributed by atoms with Gasteiger partial charge in [-0.15, -0.1) is 0 Å². The zero-order chi connectivity index (χ0) is 26.7. The van der Waals surface area contributed by atoms with Crippen LogP contribution in [0.5, 0.6) is 5.75 Å². The molecule has 0 aliphatic rings. The van der Waals surface area contributed by atoms with E-state index in [1.54, 1.807) is 0 Å². The Hall–Kier alpha value is -1.67. The predicted molar refractivity (Wildman–Crippen MR) is 142 cm³/mol. The van der Waals surface area contributed by atoms with Crippen molar-refractivity contribution in [3.05, 3.63) is 29.8 Å². The molecule has 208 valence electrons. The van der Waals surface area contributed by atoms with Crippen LogP contribution in [0.25, 0.3) is 0 Å². The number of benzene rings is 1. The van der Waals surface area contributed by atoms with Gasteiger partial charge in [-0.3, -0.25) is 0 Å². The van der Waals surface area contributed by atoms with Crippen molar-refractivity contribution in [1.29, 1.82) is 0 Å². The van der Waals surface area contributed by atoms with Crippen LogP contribution in [-0.4, -0.2) is 54.2 Å². The summed E-state index contributed by atoms with van der Waals surface area (Å²) >= 11 is 0. The summed E-state index contributed by atoms with van der Waals surface area (Å²) in [6.45, 7) is 8.46. The number of carbonyl (C=O) groups is 1. The van der Waals surface area contributed by atoms with Crippen LogP contribution in [0.4, 0.5) is 0 Å². The topological polar surface area (TPSA) is 94.5 Å². The highest BCUT2D eigenvalue weighted by molar-refractivity contribution is 5.89. The Morgan fingerprint density at radius 1 is 0.861 bits per heavy atom. The molecule has 0 radical (unpaired) electrons. The maximum Gasteiger partial charge on any atom is 0.338 e. The van der Waals surface area contributed by atoms with Crippen LogP contribution in [-0.2, 0) is 18.9 Å². The van der Waals surface area contributed by atoms with Crippen molar-refractivity contribution < 1.29 is 34.0 Å². The highest BCUT2D eigenvalue weighted by atomic mass is 16.8. The molecule has 1 aromatic carbocycles. The average molecular weight is 511 g/mol. The van der Waals surface area contributed by atoms with E-state index in [1.165, 1.54) is 62.8 Å². The van der Waals surface area contributed by atoms with Crippen molar-refractivity contribution in [1.82, 2.24) is 0 Å². The number of rotatable bonds is 22. The van der Waals surface area contributed by atoms with Crippen LogP contribution >= 0.6 is 0 Å². The zero-order valence-electron chi connectivity index (χ0n) is 23.0. The van der Waals surface area contributed by atoms with Crippen molar-refractivity contribution in [3.8, 4) is 5.75 Å². The number of phenols is 1. The van der Waals surface area contributed by atoms with Crippen molar-refractivity contribution in [2.45, 2.75) is 123 Å². The molecule has 7 heteroatoms. The lowest BCUT2D eigenvalue weighted by Crippen LogP contribution is -2.39. The SMILES string of the molecule is CCCCCCCCCC(CC)(CCCC(O)COC(=O)c1ccc(O)cc1)OC(OCC)OCC. The molecule has 0 bridgehead atoms. The molecule has 2 N–H and O–H groups in total. The summed E-state index contributed by atoms with van der Waals surface area (Å²) in [6, 6.07) is 5.85. The number of aliphatic hydroxyl groups excluding tert-OH is 1. The van der Waals surface area contributed by atoms with Gasteiger partial charge in [0.15, 0.2) is 0 Å². The van der Waals surface area contributed by atoms with Gasteiger partial charge in [0.2, 0.25) is 0 Å². The summed E-state index contributed by atoms with van der Waals surface area (Å²) in [5.74, 6) is -0.434. The first-order valence-corrected chi connectivity index (χ1v) is 13.9. The summed E-state index contributed by atoms with van der Waals surface area (Å²) in [7, 11) is 0. The summed E-state index contributed by atoms with van der Waals surface area (Å²) in [5.41, 5.74) is -0.0492. The van der Waals surface area contributed by atoms with Crippen molar-refractivity contribution in [2.75, 3.05) is 19.8 Å². The Bertz CT molecular complexity index is 673. The van der Waals surface area contributed by atoms with Gasteiger partial charge in [-0.2, -0.15) is 0 Å². The summed E-state index contributed by atoms with van der Waals surface area (Å²) < 4.78 is 23.0. The molecule has 0 aliphatic heterocycles. The first kappa shape index (κ1) is 32.4. The second kappa shape index (κ2) is 19.4. The summed E-state index contributed by atoms with van der Waals surface area (Å²) in [4.78, 5) is 12.2. The third kappa shape index (κ3) is 13.6. The molecule has 36 heavy (non-hydrogen) atoms. The van der Waals surface area contributed by atoms with E-state index in [-0.39, 0.29) is 18.0 Å². The van der Waals surface area contributed by atoms with E-state index in [4.69, 9.17) is 18.9 Å². The standard InChI is InChI=1S/C29H50O7/c1-5-9-10-11-12-13-14-21-29(6-2,36-28(33-7-3)34-8-4)22-15-16-26(31)23-35-27(32)24-17-19-25(30)20-18-24/h17-20,26,28,30-31H,5-16,21-23H2,1-4H3. The third-order valence-corrected chi connectivity index (χ3v) is 6.51. The van der Waals surface area contributed by atoms with Gasteiger partial charge in [0, 0.05) is 13.2 Å². The molecule has 0 saturated carbocycles. The summed E-state index contributed by atoms with van der Waals surface area (Å²) in [6.07, 6.45) is 11.6. The van der Waals surface area contributed by atoms with Crippen molar-refractivity contribution in [3.63, 3.8) is 0 Å². The molecule has 0 aliphatic carbocycles. The van der Waals surface area contributed by atoms with Gasteiger partial charge in [0.1, 0.15) is 12.4 Å². The Kier molecular flexibility index (Phi) is 17.5. The second-order valence-electron chi connectivity index (χ2n) is 9.42. The van der Waals surface area contributed by atoms with E-state index >= 15 is 0 Å². The highest BCUT2D eigenvalue weighted by Crippen LogP contribution is 2.32. The number of hydrogen-bond donors (Lipinski definition) is 2. The van der Waals surface area contributed by atoms with Gasteiger partial charge in [0.25, 0.3) is 6.48 Å². The fourth-order valence-electron chi connectivity index (χ4n) is 4.27. The van der Waals surface area contributed by atoms with Crippen molar-refractivity contribution >= 4 is 5.97 Å².